The first-order valence-electron chi connectivity index (χ1n) is 7.63. The number of phenolic OH excluding ortho intramolecular Hbond substituents is 1. The molecule has 0 amide bonds. The van der Waals surface area contributed by atoms with Crippen LogP contribution < -0.4 is 10.6 Å². The molecule has 3 N–H and O–H groups in total. The van der Waals surface area contributed by atoms with Crippen LogP contribution in [0.25, 0.3) is 10.9 Å². The molecular weight excluding hydrogens is 262 g/mol. The van der Waals surface area contributed by atoms with E-state index in [1.807, 2.05) is 13.0 Å². The van der Waals surface area contributed by atoms with E-state index in [2.05, 4.69) is 23.0 Å². The smallest absolute Gasteiger partial charge is 0.141 e. The van der Waals surface area contributed by atoms with Gasteiger partial charge in [0.2, 0.25) is 0 Å². The van der Waals surface area contributed by atoms with E-state index in [9.17, 15) is 5.11 Å². The van der Waals surface area contributed by atoms with Gasteiger partial charge >= 0.3 is 0 Å². The average Bonchev–Trinajstić information content (AvgIpc) is 2.47. The van der Waals surface area contributed by atoms with Gasteiger partial charge in [-0.3, -0.25) is 4.98 Å². The zero-order valence-electron chi connectivity index (χ0n) is 13.0. The number of pyridine rings is 1. The van der Waals surface area contributed by atoms with Crippen molar-refractivity contribution in [1.82, 2.24) is 4.98 Å². The molecule has 0 aliphatic rings. The van der Waals surface area contributed by atoms with Gasteiger partial charge in [0.25, 0.3) is 0 Å². The number of unbranched alkanes of at least 4 members (excludes halogenated alkanes) is 3. The van der Waals surface area contributed by atoms with Crippen molar-refractivity contribution in [3.05, 3.63) is 30.0 Å². The minimum absolute atomic E-state index is 0.241. The van der Waals surface area contributed by atoms with Crippen LogP contribution in [0.15, 0.2) is 24.4 Å². The second-order valence-electron chi connectivity index (χ2n) is 5.64. The molecule has 0 saturated carbocycles. The summed E-state index contributed by atoms with van der Waals surface area (Å²) in [6.45, 7) is 3.80. The Bertz CT molecular complexity index is 598. The van der Waals surface area contributed by atoms with Crippen molar-refractivity contribution in [2.24, 2.45) is 5.73 Å². The Morgan fingerprint density at radius 2 is 1.95 bits per heavy atom. The van der Waals surface area contributed by atoms with Gasteiger partial charge < -0.3 is 15.7 Å². The molecule has 0 radical (unpaired) electrons. The van der Waals surface area contributed by atoms with E-state index < -0.39 is 0 Å². The molecule has 0 atom stereocenters. The normalized spacial score (nSPS) is 11.0. The van der Waals surface area contributed by atoms with E-state index in [1.165, 1.54) is 12.8 Å². The minimum atomic E-state index is 0.241. The lowest BCUT2D eigenvalue weighted by Crippen LogP contribution is -2.18. The summed E-state index contributed by atoms with van der Waals surface area (Å²) < 4.78 is 0. The largest absolute Gasteiger partial charge is 0.506 e. The molecule has 0 aliphatic heterocycles. The standard InChI is InChI=1S/C17H25N3O/c1-13-11-14-15(7-8-16(21)17(14)19-12-13)20(2)10-6-4-3-5-9-18/h7-8,11-12,21H,3-6,9-10,18H2,1-2H3. The summed E-state index contributed by atoms with van der Waals surface area (Å²) in [5.41, 5.74) is 8.41. The van der Waals surface area contributed by atoms with Gasteiger partial charge in [0.1, 0.15) is 11.3 Å². The van der Waals surface area contributed by atoms with Gasteiger partial charge in [-0.05, 0) is 50.1 Å². The molecule has 0 saturated heterocycles. The van der Waals surface area contributed by atoms with Gasteiger partial charge in [-0.1, -0.05) is 12.8 Å². The summed E-state index contributed by atoms with van der Waals surface area (Å²) in [6, 6.07) is 5.78. The third kappa shape index (κ3) is 3.85. The number of aromatic hydroxyl groups is 1. The number of anilines is 1. The second kappa shape index (κ2) is 7.27. The van der Waals surface area contributed by atoms with Gasteiger partial charge in [-0.25, -0.2) is 0 Å². The maximum absolute atomic E-state index is 9.95. The van der Waals surface area contributed by atoms with Gasteiger partial charge in [0.15, 0.2) is 0 Å². The van der Waals surface area contributed by atoms with Crippen LogP contribution >= 0.6 is 0 Å². The SMILES string of the molecule is Cc1cnc2c(O)ccc(N(C)CCCCCCN)c2c1. The van der Waals surface area contributed by atoms with E-state index in [0.29, 0.717) is 5.52 Å². The Morgan fingerprint density at radius 3 is 2.71 bits per heavy atom. The van der Waals surface area contributed by atoms with Crippen molar-refractivity contribution >= 4 is 16.6 Å². The van der Waals surface area contributed by atoms with Gasteiger partial charge in [0, 0.05) is 30.9 Å². The Labute approximate surface area is 126 Å². The highest BCUT2D eigenvalue weighted by Crippen LogP contribution is 2.31. The predicted octanol–water partition coefficient (Wildman–Crippen LogP) is 3.20. The fourth-order valence-electron chi connectivity index (χ4n) is 2.60. The van der Waals surface area contributed by atoms with Crippen LogP contribution in [0.3, 0.4) is 0 Å². The average molecular weight is 287 g/mol. The summed E-state index contributed by atoms with van der Waals surface area (Å²) in [6.07, 6.45) is 6.45. The number of aromatic nitrogens is 1. The molecule has 114 valence electrons. The van der Waals surface area contributed by atoms with Gasteiger partial charge in [-0.2, -0.15) is 0 Å². The van der Waals surface area contributed by atoms with Crippen LogP contribution in [0.1, 0.15) is 31.2 Å². The zero-order valence-corrected chi connectivity index (χ0v) is 13.0. The first-order valence-corrected chi connectivity index (χ1v) is 7.63. The minimum Gasteiger partial charge on any atom is -0.506 e. The monoisotopic (exact) mass is 287 g/mol. The zero-order chi connectivity index (χ0) is 15.2. The Kier molecular flexibility index (Phi) is 5.39. The number of nitrogens with two attached hydrogens (primary N) is 1. The first kappa shape index (κ1) is 15.6. The quantitative estimate of drug-likeness (QED) is 0.768. The Balaban J connectivity index is 2.13. The third-order valence-electron chi connectivity index (χ3n) is 3.80. The molecule has 1 heterocycles. The summed E-state index contributed by atoms with van der Waals surface area (Å²) in [4.78, 5) is 6.59. The summed E-state index contributed by atoms with van der Waals surface area (Å²) >= 11 is 0. The first-order chi connectivity index (χ1) is 10.1. The number of hydrogen-bond donors (Lipinski definition) is 2. The van der Waals surface area contributed by atoms with E-state index in [1.54, 1.807) is 12.3 Å². The lowest BCUT2D eigenvalue weighted by molar-refractivity contribution is 0.480. The van der Waals surface area contributed by atoms with Gasteiger partial charge in [0.05, 0.1) is 0 Å². The number of fused-ring (bicyclic) bond motifs is 1. The maximum Gasteiger partial charge on any atom is 0.141 e. The Hall–Kier alpha value is -1.81. The van der Waals surface area contributed by atoms with Crippen LogP contribution in [0, 0.1) is 6.92 Å². The van der Waals surface area contributed by atoms with Crippen molar-refractivity contribution in [2.45, 2.75) is 32.6 Å². The molecule has 0 bridgehead atoms. The number of benzene rings is 1. The highest BCUT2D eigenvalue weighted by Gasteiger charge is 2.10. The van der Waals surface area contributed by atoms with Crippen LogP contribution in [0.2, 0.25) is 0 Å². The van der Waals surface area contributed by atoms with E-state index in [0.717, 1.165) is 42.6 Å². The molecule has 2 aromatic rings. The molecule has 21 heavy (non-hydrogen) atoms. The van der Waals surface area contributed by atoms with Crippen LogP contribution in [-0.4, -0.2) is 30.2 Å². The van der Waals surface area contributed by atoms with Crippen LogP contribution in [-0.2, 0) is 0 Å². The number of hydrogen-bond acceptors (Lipinski definition) is 4. The lowest BCUT2D eigenvalue weighted by atomic mass is 10.1. The molecule has 0 aliphatic carbocycles. The molecule has 4 heteroatoms. The van der Waals surface area contributed by atoms with E-state index >= 15 is 0 Å². The molecular formula is C17H25N3O. The number of rotatable bonds is 7. The molecule has 4 nitrogen and oxygen atoms in total. The van der Waals surface area contributed by atoms with Crippen molar-refractivity contribution in [3.8, 4) is 5.75 Å². The summed E-state index contributed by atoms with van der Waals surface area (Å²) in [7, 11) is 2.09. The molecule has 0 fully saturated rings. The van der Waals surface area contributed by atoms with Crippen molar-refractivity contribution < 1.29 is 5.11 Å². The fraction of sp³-hybridized carbons (Fsp3) is 0.471. The molecule has 0 unspecified atom stereocenters. The highest BCUT2D eigenvalue weighted by atomic mass is 16.3. The molecule has 1 aromatic carbocycles. The fourth-order valence-corrected chi connectivity index (χ4v) is 2.60. The second-order valence-corrected chi connectivity index (χ2v) is 5.64. The highest BCUT2D eigenvalue weighted by molar-refractivity contribution is 5.95. The van der Waals surface area contributed by atoms with Crippen molar-refractivity contribution in [3.63, 3.8) is 0 Å². The van der Waals surface area contributed by atoms with Crippen LogP contribution in [0.5, 0.6) is 5.75 Å². The Morgan fingerprint density at radius 1 is 1.19 bits per heavy atom. The number of nitrogens with zero attached hydrogens (tertiary/aromatic N) is 2. The molecule has 1 aromatic heterocycles. The summed E-state index contributed by atoms with van der Waals surface area (Å²) in [5, 5.41) is 11.0. The molecule has 2 rings (SSSR count). The topological polar surface area (TPSA) is 62.4 Å². The van der Waals surface area contributed by atoms with E-state index in [4.69, 9.17) is 5.73 Å². The predicted molar refractivity (Wildman–Crippen MR) is 88.9 cm³/mol. The maximum atomic E-state index is 9.95. The van der Waals surface area contributed by atoms with E-state index in [-0.39, 0.29) is 5.75 Å². The lowest BCUT2D eigenvalue weighted by Gasteiger charge is -2.21. The van der Waals surface area contributed by atoms with Crippen molar-refractivity contribution in [2.75, 3.05) is 25.0 Å². The van der Waals surface area contributed by atoms with Crippen molar-refractivity contribution in [1.29, 1.82) is 0 Å². The molecule has 0 spiro atoms. The number of aryl methyl sites for hydroxylation is 1. The summed E-state index contributed by atoms with van der Waals surface area (Å²) in [5.74, 6) is 0.241. The van der Waals surface area contributed by atoms with Gasteiger partial charge in [-0.15, -0.1) is 0 Å². The third-order valence-corrected chi connectivity index (χ3v) is 3.80. The number of phenols is 1. The van der Waals surface area contributed by atoms with Crippen LogP contribution in [0.4, 0.5) is 5.69 Å².